The third kappa shape index (κ3) is 4.28. The van der Waals surface area contributed by atoms with Gasteiger partial charge in [0.25, 0.3) is 5.91 Å². The van der Waals surface area contributed by atoms with Crippen molar-refractivity contribution in [2.75, 3.05) is 5.32 Å². The van der Waals surface area contributed by atoms with E-state index >= 15 is 0 Å². The monoisotopic (exact) mass is 442 g/mol. The smallest absolute Gasteiger partial charge is 0.257 e. The number of anilines is 1. The van der Waals surface area contributed by atoms with E-state index in [1.54, 1.807) is 24.3 Å². The molecule has 3 N–H and O–H groups in total. The van der Waals surface area contributed by atoms with E-state index < -0.39 is 0 Å². The van der Waals surface area contributed by atoms with Crippen LogP contribution in [0, 0.1) is 6.92 Å². The number of thiocarbonyl (C=S) groups is 1. The molecule has 2 aromatic carbocycles. The molecule has 1 amide bonds. The highest BCUT2D eigenvalue weighted by Gasteiger charge is 2.10. The van der Waals surface area contributed by atoms with E-state index in [-0.39, 0.29) is 16.8 Å². The lowest BCUT2D eigenvalue weighted by Gasteiger charge is -2.11. The number of rotatable bonds is 2. The van der Waals surface area contributed by atoms with Crippen LogP contribution in [-0.4, -0.2) is 16.1 Å². The van der Waals surface area contributed by atoms with E-state index in [0.717, 1.165) is 5.56 Å². The first-order valence-electron chi connectivity index (χ1n) is 6.24. The molecule has 0 heterocycles. The van der Waals surface area contributed by atoms with Gasteiger partial charge in [0.1, 0.15) is 5.75 Å². The van der Waals surface area contributed by atoms with Crippen LogP contribution in [0.1, 0.15) is 15.9 Å². The van der Waals surface area contributed by atoms with Gasteiger partial charge in [-0.05, 0) is 75.3 Å². The molecule has 0 spiro atoms. The summed E-state index contributed by atoms with van der Waals surface area (Å²) in [5.41, 5.74) is 2.17. The minimum Gasteiger partial charge on any atom is -0.506 e. The third-order valence-corrected chi connectivity index (χ3v) is 4.20. The van der Waals surface area contributed by atoms with E-state index in [4.69, 9.17) is 12.2 Å². The number of halogens is 2. The number of aromatic hydroxyl groups is 1. The molecule has 0 aliphatic rings. The van der Waals surface area contributed by atoms with Gasteiger partial charge in [-0.15, -0.1) is 0 Å². The molecule has 0 unspecified atom stereocenters. The Morgan fingerprint density at radius 1 is 1.18 bits per heavy atom. The zero-order chi connectivity index (χ0) is 16.3. The van der Waals surface area contributed by atoms with Crippen LogP contribution in [0.5, 0.6) is 5.75 Å². The number of carbonyl (C=O) groups excluding carboxylic acids is 1. The van der Waals surface area contributed by atoms with Crippen molar-refractivity contribution < 1.29 is 9.90 Å². The summed E-state index contributed by atoms with van der Waals surface area (Å²) in [5, 5.41) is 15.3. The summed E-state index contributed by atoms with van der Waals surface area (Å²) in [4.78, 5) is 12.1. The largest absolute Gasteiger partial charge is 0.506 e. The number of amides is 1. The lowest BCUT2D eigenvalue weighted by atomic mass is 10.1. The van der Waals surface area contributed by atoms with Gasteiger partial charge < -0.3 is 10.4 Å². The van der Waals surface area contributed by atoms with Crippen LogP contribution >= 0.6 is 44.1 Å². The molecule has 0 aliphatic carbocycles. The van der Waals surface area contributed by atoms with Crippen LogP contribution < -0.4 is 10.6 Å². The third-order valence-electron chi connectivity index (χ3n) is 2.78. The van der Waals surface area contributed by atoms with Crippen molar-refractivity contribution in [3.05, 3.63) is 56.5 Å². The molecule has 7 heteroatoms. The van der Waals surface area contributed by atoms with Crippen molar-refractivity contribution in [2.45, 2.75) is 6.92 Å². The van der Waals surface area contributed by atoms with Crippen molar-refractivity contribution in [2.24, 2.45) is 0 Å². The topological polar surface area (TPSA) is 61.4 Å². The van der Waals surface area contributed by atoms with Gasteiger partial charge in [0.15, 0.2) is 5.11 Å². The molecular formula is C15H12Br2N2O2S. The Morgan fingerprint density at radius 2 is 1.82 bits per heavy atom. The van der Waals surface area contributed by atoms with Gasteiger partial charge in [-0.25, -0.2) is 0 Å². The summed E-state index contributed by atoms with van der Waals surface area (Å²) >= 11 is 11.6. The number of nitrogens with one attached hydrogen (secondary N) is 2. The maximum Gasteiger partial charge on any atom is 0.257 e. The number of carbonyl (C=O) groups is 1. The summed E-state index contributed by atoms with van der Waals surface area (Å²) in [6.07, 6.45) is 0. The number of hydrogen-bond acceptors (Lipinski definition) is 3. The zero-order valence-corrected chi connectivity index (χ0v) is 15.5. The SMILES string of the molecule is Cc1cccc(C(=O)NC(=S)Nc2cc(Br)c(O)c(Br)c2)c1. The minimum absolute atomic E-state index is 0.0975. The highest BCUT2D eigenvalue weighted by Crippen LogP contribution is 2.35. The van der Waals surface area contributed by atoms with E-state index in [2.05, 4.69) is 42.5 Å². The summed E-state index contributed by atoms with van der Waals surface area (Å²) in [5.74, 6) is -0.182. The first kappa shape index (κ1) is 16.9. The number of aryl methyl sites for hydroxylation is 1. The summed E-state index contributed by atoms with van der Waals surface area (Å²) in [6.45, 7) is 1.92. The fraction of sp³-hybridized carbons (Fsp3) is 0.0667. The second kappa shape index (κ2) is 7.21. The van der Waals surface area contributed by atoms with Gasteiger partial charge >= 0.3 is 0 Å². The molecule has 0 aliphatic heterocycles. The Labute approximate surface area is 150 Å². The second-order valence-electron chi connectivity index (χ2n) is 4.57. The quantitative estimate of drug-likeness (QED) is 0.476. The molecule has 0 aromatic heterocycles. The average molecular weight is 444 g/mol. The standard InChI is InChI=1S/C15H12Br2N2O2S/c1-8-3-2-4-9(5-8)14(21)19-15(22)18-10-6-11(16)13(20)12(17)7-10/h2-7,20H,1H3,(H2,18,19,21,22). The minimum atomic E-state index is -0.280. The van der Waals surface area contributed by atoms with Crippen LogP contribution in [0.3, 0.4) is 0 Å². The van der Waals surface area contributed by atoms with Crippen molar-refractivity contribution in [1.29, 1.82) is 0 Å². The van der Waals surface area contributed by atoms with Crippen LogP contribution in [0.25, 0.3) is 0 Å². The number of phenolic OH excluding ortho intramolecular Hbond substituents is 1. The van der Waals surface area contributed by atoms with Gasteiger partial charge in [0, 0.05) is 11.3 Å². The fourth-order valence-corrected chi connectivity index (χ4v) is 3.16. The lowest BCUT2D eigenvalue weighted by Crippen LogP contribution is -2.34. The fourth-order valence-electron chi connectivity index (χ4n) is 1.76. The van der Waals surface area contributed by atoms with Crippen molar-refractivity contribution in [3.8, 4) is 5.75 Å². The van der Waals surface area contributed by atoms with Gasteiger partial charge in [0.05, 0.1) is 8.95 Å². The summed E-state index contributed by atoms with van der Waals surface area (Å²) in [7, 11) is 0. The molecule has 22 heavy (non-hydrogen) atoms. The normalized spacial score (nSPS) is 10.1. The second-order valence-corrected chi connectivity index (χ2v) is 6.68. The van der Waals surface area contributed by atoms with Crippen LogP contribution in [-0.2, 0) is 0 Å². The highest BCUT2D eigenvalue weighted by molar-refractivity contribution is 9.11. The Morgan fingerprint density at radius 3 is 2.41 bits per heavy atom. The van der Waals surface area contributed by atoms with E-state index in [1.165, 1.54) is 0 Å². The Bertz CT molecular complexity index is 727. The maximum atomic E-state index is 12.1. The summed E-state index contributed by atoms with van der Waals surface area (Å²) in [6, 6.07) is 10.6. The predicted molar refractivity (Wildman–Crippen MR) is 98.4 cm³/mol. The molecule has 0 radical (unpaired) electrons. The molecule has 4 nitrogen and oxygen atoms in total. The Balaban J connectivity index is 2.06. The first-order chi connectivity index (χ1) is 10.4. The van der Waals surface area contributed by atoms with Crippen LogP contribution in [0.2, 0.25) is 0 Å². The van der Waals surface area contributed by atoms with Gasteiger partial charge in [-0.3, -0.25) is 10.1 Å². The van der Waals surface area contributed by atoms with Crippen molar-refractivity contribution >= 4 is 60.8 Å². The maximum absolute atomic E-state index is 12.1. The van der Waals surface area contributed by atoms with Crippen molar-refractivity contribution in [1.82, 2.24) is 5.32 Å². The molecule has 0 fully saturated rings. The van der Waals surface area contributed by atoms with Gasteiger partial charge in [-0.2, -0.15) is 0 Å². The van der Waals surface area contributed by atoms with Crippen LogP contribution in [0.4, 0.5) is 5.69 Å². The van der Waals surface area contributed by atoms with Gasteiger partial charge in [-0.1, -0.05) is 17.7 Å². The molecular weight excluding hydrogens is 432 g/mol. The molecule has 2 rings (SSSR count). The lowest BCUT2D eigenvalue weighted by molar-refractivity contribution is 0.0977. The molecule has 0 atom stereocenters. The highest BCUT2D eigenvalue weighted by atomic mass is 79.9. The van der Waals surface area contributed by atoms with E-state index in [0.29, 0.717) is 20.2 Å². The predicted octanol–water partition coefficient (Wildman–Crippen LogP) is 4.35. The van der Waals surface area contributed by atoms with Gasteiger partial charge in [0.2, 0.25) is 0 Å². The number of phenols is 1. The molecule has 0 bridgehead atoms. The molecule has 114 valence electrons. The molecule has 0 saturated heterocycles. The zero-order valence-electron chi connectivity index (χ0n) is 11.5. The van der Waals surface area contributed by atoms with Crippen LogP contribution in [0.15, 0.2) is 45.3 Å². The Hall–Kier alpha value is -1.44. The molecule has 0 saturated carbocycles. The average Bonchev–Trinajstić information content (AvgIpc) is 2.44. The molecule has 2 aromatic rings. The van der Waals surface area contributed by atoms with E-state index in [9.17, 15) is 9.90 Å². The number of benzene rings is 2. The van der Waals surface area contributed by atoms with E-state index in [1.807, 2.05) is 19.1 Å². The first-order valence-corrected chi connectivity index (χ1v) is 8.23. The number of hydrogen-bond donors (Lipinski definition) is 3. The van der Waals surface area contributed by atoms with Crippen molar-refractivity contribution in [3.63, 3.8) is 0 Å². The Kier molecular flexibility index (Phi) is 5.55. The summed E-state index contributed by atoms with van der Waals surface area (Å²) < 4.78 is 1.02.